The van der Waals surface area contributed by atoms with Gasteiger partial charge >= 0.3 is 0 Å². The molecule has 4 unspecified atom stereocenters. The lowest BCUT2D eigenvalue weighted by atomic mass is 9.75. The fraction of sp³-hybridized carbons (Fsp3) is 1.00. The number of fused-ring (bicyclic) bond motifs is 1. The van der Waals surface area contributed by atoms with Gasteiger partial charge in [0.25, 0.3) is 0 Å². The molecule has 2 fully saturated rings. The number of hydrogen-bond donors (Lipinski definition) is 0. The Morgan fingerprint density at radius 2 is 1.82 bits per heavy atom. The first kappa shape index (κ1) is 13.4. The first-order valence-corrected chi connectivity index (χ1v) is 8.35. The van der Waals surface area contributed by atoms with E-state index in [0.717, 1.165) is 23.7 Å². The molecule has 2 saturated carbocycles. The zero-order valence-electron chi connectivity index (χ0n) is 12.1. The maximum absolute atomic E-state index is 2.41. The van der Waals surface area contributed by atoms with Crippen molar-refractivity contribution < 1.29 is 0 Å². The maximum atomic E-state index is 2.41. The van der Waals surface area contributed by atoms with Crippen LogP contribution in [0.5, 0.6) is 0 Å². The fourth-order valence-corrected chi connectivity index (χ4v) is 4.56. The molecule has 2 aliphatic rings. The number of unbranched alkanes of at least 4 members (excludes halogenated alkanes) is 1. The van der Waals surface area contributed by atoms with Crippen LogP contribution < -0.4 is 0 Å². The van der Waals surface area contributed by atoms with E-state index in [1.54, 1.807) is 32.1 Å². The fourth-order valence-electron chi connectivity index (χ4n) is 4.56. The Balaban J connectivity index is 1.80. The second-order valence-electron chi connectivity index (χ2n) is 6.70. The molecule has 0 aromatic rings. The molecular weight excluding hydrogens is 204 g/mol. The van der Waals surface area contributed by atoms with Crippen molar-refractivity contribution >= 4 is 0 Å². The number of hydrogen-bond acceptors (Lipinski definition) is 0. The quantitative estimate of drug-likeness (QED) is 0.546. The van der Waals surface area contributed by atoms with Gasteiger partial charge in [0, 0.05) is 0 Å². The standard InChI is InChI=1S/C17H32/c1-3-5-8-14(4-2)13-16-12-11-15-9-6-7-10-17(15)16/h14-17H,3-13H2,1-2H3. The topological polar surface area (TPSA) is 0 Å². The van der Waals surface area contributed by atoms with Gasteiger partial charge in [0.05, 0.1) is 0 Å². The van der Waals surface area contributed by atoms with Crippen molar-refractivity contribution in [2.75, 3.05) is 0 Å². The van der Waals surface area contributed by atoms with E-state index >= 15 is 0 Å². The molecule has 0 heteroatoms. The van der Waals surface area contributed by atoms with Crippen LogP contribution in [0.25, 0.3) is 0 Å². The van der Waals surface area contributed by atoms with Gasteiger partial charge in [-0.15, -0.1) is 0 Å². The molecule has 2 rings (SSSR count). The predicted molar refractivity (Wildman–Crippen MR) is 76.1 cm³/mol. The summed E-state index contributed by atoms with van der Waals surface area (Å²) in [6, 6.07) is 0. The molecule has 100 valence electrons. The van der Waals surface area contributed by atoms with E-state index in [2.05, 4.69) is 13.8 Å². The zero-order chi connectivity index (χ0) is 12.1. The van der Waals surface area contributed by atoms with Crippen LogP contribution in [0.3, 0.4) is 0 Å². The Morgan fingerprint density at radius 3 is 2.59 bits per heavy atom. The van der Waals surface area contributed by atoms with Crippen molar-refractivity contribution in [3.8, 4) is 0 Å². The van der Waals surface area contributed by atoms with Crippen LogP contribution in [-0.2, 0) is 0 Å². The molecule has 4 atom stereocenters. The van der Waals surface area contributed by atoms with E-state index in [-0.39, 0.29) is 0 Å². The summed E-state index contributed by atoms with van der Waals surface area (Å²) in [5, 5.41) is 0. The van der Waals surface area contributed by atoms with Crippen LogP contribution in [-0.4, -0.2) is 0 Å². The van der Waals surface area contributed by atoms with Gasteiger partial charge in [-0.25, -0.2) is 0 Å². The highest BCUT2D eigenvalue weighted by molar-refractivity contribution is 4.88. The molecule has 0 amide bonds. The summed E-state index contributed by atoms with van der Waals surface area (Å²) in [6.45, 7) is 4.74. The second-order valence-corrected chi connectivity index (χ2v) is 6.70. The Bertz CT molecular complexity index is 208. The zero-order valence-corrected chi connectivity index (χ0v) is 12.1. The van der Waals surface area contributed by atoms with E-state index in [4.69, 9.17) is 0 Å². The maximum Gasteiger partial charge on any atom is -0.0357 e. The van der Waals surface area contributed by atoms with E-state index in [9.17, 15) is 0 Å². The third-order valence-electron chi connectivity index (χ3n) is 5.66. The highest BCUT2D eigenvalue weighted by Gasteiger charge is 2.37. The Kier molecular flexibility index (Phi) is 5.38. The minimum absolute atomic E-state index is 1.04. The smallest absolute Gasteiger partial charge is 0.0357 e. The van der Waals surface area contributed by atoms with E-state index in [0.29, 0.717) is 0 Å². The van der Waals surface area contributed by atoms with Crippen molar-refractivity contribution in [1.29, 1.82) is 0 Å². The third kappa shape index (κ3) is 3.48. The third-order valence-corrected chi connectivity index (χ3v) is 5.66. The van der Waals surface area contributed by atoms with Gasteiger partial charge in [0.1, 0.15) is 0 Å². The summed E-state index contributed by atoms with van der Waals surface area (Å²) in [6.07, 6.45) is 16.7. The average molecular weight is 236 g/mol. The van der Waals surface area contributed by atoms with Crippen molar-refractivity contribution in [1.82, 2.24) is 0 Å². The van der Waals surface area contributed by atoms with E-state index < -0.39 is 0 Å². The first-order valence-electron chi connectivity index (χ1n) is 8.35. The largest absolute Gasteiger partial charge is 0.0654 e. The number of rotatable bonds is 6. The minimum atomic E-state index is 1.04. The molecule has 0 heterocycles. The van der Waals surface area contributed by atoms with Crippen molar-refractivity contribution in [3.63, 3.8) is 0 Å². The summed E-state index contributed by atoms with van der Waals surface area (Å²) in [4.78, 5) is 0. The molecule has 2 aliphatic carbocycles. The Hall–Kier alpha value is 0. The lowest BCUT2D eigenvalue weighted by Crippen LogP contribution is -2.21. The van der Waals surface area contributed by atoms with Crippen molar-refractivity contribution in [2.24, 2.45) is 23.7 Å². The summed E-state index contributed by atoms with van der Waals surface area (Å²) in [7, 11) is 0. The van der Waals surface area contributed by atoms with Gasteiger partial charge in [-0.05, 0) is 49.4 Å². The summed E-state index contributed by atoms with van der Waals surface area (Å²) in [5.74, 6) is 4.43. The molecule has 0 spiro atoms. The lowest BCUT2D eigenvalue weighted by molar-refractivity contribution is 0.198. The molecule has 0 radical (unpaired) electrons. The lowest BCUT2D eigenvalue weighted by Gasteiger charge is -2.31. The van der Waals surface area contributed by atoms with E-state index in [1.807, 2.05) is 0 Å². The van der Waals surface area contributed by atoms with Gasteiger partial charge in [-0.1, -0.05) is 58.8 Å². The second kappa shape index (κ2) is 6.81. The summed E-state index contributed by atoms with van der Waals surface area (Å²) in [5.41, 5.74) is 0. The van der Waals surface area contributed by atoms with Crippen LogP contribution in [0.1, 0.15) is 84.5 Å². The van der Waals surface area contributed by atoms with Gasteiger partial charge < -0.3 is 0 Å². The highest BCUT2D eigenvalue weighted by Crippen LogP contribution is 2.48. The Labute approximate surface area is 109 Å². The molecule has 0 N–H and O–H groups in total. The van der Waals surface area contributed by atoms with Crippen LogP contribution >= 0.6 is 0 Å². The molecule has 0 saturated heterocycles. The molecule has 0 aromatic heterocycles. The SMILES string of the molecule is CCCCC(CC)CC1CCC2CCCCC21. The van der Waals surface area contributed by atoms with Crippen LogP contribution in [0.2, 0.25) is 0 Å². The molecule has 0 bridgehead atoms. The molecule has 0 aromatic carbocycles. The monoisotopic (exact) mass is 236 g/mol. The predicted octanol–water partition coefficient (Wildman–Crippen LogP) is 5.81. The van der Waals surface area contributed by atoms with Crippen LogP contribution in [0, 0.1) is 23.7 Å². The van der Waals surface area contributed by atoms with E-state index in [1.165, 1.54) is 38.5 Å². The summed E-state index contributed by atoms with van der Waals surface area (Å²) >= 11 is 0. The van der Waals surface area contributed by atoms with Crippen LogP contribution in [0.4, 0.5) is 0 Å². The highest BCUT2D eigenvalue weighted by atomic mass is 14.4. The molecule has 17 heavy (non-hydrogen) atoms. The Morgan fingerprint density at radius 1 is 1.00 bits per heavy atom. The summed E-state index contributed by atoms with van der Waals surface area (Å²) < 4.78 is 0. The molecule has 0 aliphatic heterocycles. The normalized spacial score (nSPS) is 34.6. The molecule has 0 nitrogen and oxygen atoms in total. The first-order chi connectivity index (χ1) is 8.35. The van der Waals surface area contributed by atoms with Gasteiger partial charge in [0.15, 0.2) is 0 Å². The molecular formula is C17H32. The average Bonchev–Trinajstić information content (AvgIpc) is 2.78. The van der Waals surface area contributed by atoms with Crippen molar-refractivity contribution in [2.45, 2.75) is 84.5 Å². The minimum Gasteiger partial charge on any atom is -0.0654 e. The van der Waals surface area contributed by atoms with Crippen molar-refractivity contribution in [3.05, 3.63) is 0 Å². The van der Waals surface area contributed by atoms with Gasteiger partial charge in [0.2, 0.25) is 0 Å². The van der Waals surface area contributed by atoms with Gasteiger partial charge in [-0.2, -0.15) is 0 Å². The van der Waals surface area contributed by atoms with Crippen LogP contribution in [0.15, 0.2) is 0 Å². The van der Waals surface area contributed by atoms with Gasteiger partial charge in [-0.3, -0.25) is 0 Å².